The number of piperidine rings is 1. The molecule has 2 heterocycles. The van der Waals surface area contributed by atoms with Crippen molar-refractivity contribution in [3.8, 4) is 0 Å². The van der Waals surface area contributed by atoms with Crippen molar-refractivity contribution < 1.29 is 0 Å². The number of pyridine rings is 1. The van der Waals surface area contributed by atoms with E-state index in [0.29, 0.717) is 6.04 Å². The van der Waals surface area contributed by atoms with Gasteiger partial charge in [-0.1, -0.05) is 31.2 Å². The summed E-state index contributed by atoms with van der Waals surface area (Å²) in [6, 6.07) is 11.0. The highest BCUT2D eigenvalue weighted by molar-refractivity contribution is 5.91. The van der Waals surface area contributed by atoms with Crippen LogP contribution in [0.25, 0.3) is 10.8 Å². The van der Waals surface area contributed by atoms with Gasteiger partial charge in [0.05, 0.1) is 0 Å². The number of nitrogens with zero attached hydrogens (tertiary/aromatic N) is 2. The van der Waals surface area contributed by atoms with E-state index in [1.807, 2.05) is 6.20 Å². The third kappa shape index (κ3) is 2.71. The Morgan fingerprint density at radius 1 is 1.32 bits per heavy atom. The minimum Gasteiger partial charge on any atom is -0.366 e. The van der Waals surface area contributed by atoms with E-state index in [1.165, 1.54) is 30.2 Å². The second kappa shape index (κ2) is 5.57. The highest BCUT2D eigenvalue weighted by Crippen LogP contribution is 2.22. The van der Waals surface area contributed by atoms with Crippen molar-refractivity contribution in [3.63, 3.8) is 0 Å². The van der Waals surface area contributed by atoms with Gasteiger partial charge in [0.2, 0.25) is 0 Å². The summed E-state index contributed by atoms with van der Waals surface area (Å²) < 4.78 is 0. The highest BCUT2D eigenvalue weighted by Gasteiger charge is 2.19. The molecule has 0 saturated carbocycles. The van der Waals surface area contributed by atoms with Crippen molar-refractivity contribution >= 4 is 16.6 Å². The molecule has 1 atom stereocenters. The monoisotopic (exact) mass is 255 g/mol. The fourth-order valence-electron chi connectivity index (χ4n) is 2.89. The molecule has 0 spiro atoms. The molecule has 1 aromatic carbocycles. The van der Waals surface area contributed by atoms with Gasteiger partial charge in [-0.25, -0.2) is 4.98 Å². The van der Waals surface area contributed by atoms with Crippen molar-refractivity contribution in [2.45, 2.75) is 25.8 Å². The standard InChI is InChI=1S/C16H21N3/c1-2-19-11-5-7-14(12-19)18-16-15-8-4-3-6-13(15)9-10-17-16/h3-4,6,8-10,14H,2,5,7,11-12H2,1H3,(H,17,18). The molecule has 0 aliphatic carbocycles. The lowest BCUT2D eigenvalue weighted by molar-refractivity contribution is 0.226. The van der Waals surface area contributed by atoms with Gasteiger partial charge in [-0.3, -0.25) is 0 Å². The summed E-state index contributed by atoms with van der Waals surface area (Å²) in [7, 11) is 0. The van der Waals surface area contributed by atoms with E-state index in [4.69, 9.17) is 0 Å². The van der Waals surface area contributed by atoms with Crippen molar-refractivity contribution in [1.82, 2.24) is 9.88 Å². The molecule has 1 saturated heterocycles. The summed E-state index contributed by atoms with van der Waals surface area (Å²) in [5.41, 5.74) is 0. The average Bonchev–Trinajstić information content (AvgIpc) is 2.48. The Labute approximate surface area is 114 Å². The Bertz CT molecular complexity index is 547. The van der Waals surface area contributed by atoms with Crippen LogP contribution in [0.3, 0.4) is 0 Å². The number of rotatable bonds is 3. The minimum absolute atomic E-state index is 0.520. The van der Waals surface area contributed by atoms with E-state index in [0.717, 1.165) is 18.9 Å². The molecule has 3 rings (SSSR count). The molecular weight excluding hydrogens is 234 g/mol. The Kier molecular flexibility index (Phi) is 3.65. The second-order valence-electron chi connectivity index (χ2n) is 5.26. The fourth-order valence-corrected chi connectivity index (χ4v) is 2.89. The number of fused-ring (bicyclic) bond motifs is 1. The molecule has 3 heteroatoms. The van der Waals surface area contributed by atoms with Crippen molar-refractivity contribution in [1.29, 1.82) is 0 Å². The third-order valence-corrected chi connectivity index (χ3v) is 3.97. The first-order valence-electron chi connectivity index (χ1n) is 7.19. The van der Waals surface area contributed by atoms with E-state index >= 15 is 0 Å². The maximum absolute atomic E-state index is 4.52. The van der Waals surface area contributed by atoms with Crippen LogP contribution >= 0.6 is 0 Å². The van der Waals surface area contributed by atoms with Gasteiger partial charge in [0.15, 0.2) is 0 Å². The predicted molar refractivity (Wildman–Crippen MR) is 80.5 cm³/mol. The summed E-state index contributed by atoms with van der Waals surface area (Å²) in [5, 5.41) is 6.11. The summed E-state index contributed by atoms with van der Waals surface area (Å²) in [4.78, 5) is 7.03. The molecule has 1 unspecified atom stereocenters. The van der Waals surface area contributed by atoms with Gasteiger partial charge in [0.1, 0.15) is 5.82 Å². The number of hydrogen-bond acceptors (Lipinski definition) is 3. The number of aromatic nitrogens is 1. The van der Waals surface area contributed by atoms with Crippen LogP contribution in [0.15, 0.2) is 36.5 Å². The lowest BCUT2D eigenvalue weighted by atomic mass is 10.1. The number of benzene rings is 1. The SMILES string of the molecule is CCN1CCCC(Nc2nccc3ccccc23)C1. The second-order valence-corrected chi connectivity index (χ2v) is 5.26. The molecule has 0 bridgehead atoms. The smallest absolute Gasteiger partial charge is 0.134 e. The quantitative estimate of drug-likeness (QED) is 0.913. The van der Waals surface area contributed by atoms with Gasteiger partial charge >= 0.3 is 0 Å². The lowest BCUT2D eigenvalue weighted by Crippen LogP contribution is -2.42. The van der Waals surface area contributed by atoms with Crippen LogP contribution < -0.4 is 5.32 Å². The number of hydrogen-bond donors (Lipinski definition) is 1. The fraction of sp³-hybridized carbons (Fsp3) is 0.438. The highest BCUT2D eigenvalue weighted by atomic mass is 15.2. The zero-order chi connectivity index (χ0) is 13.1. The van der Waals surface area contributed by atoms with Crippen molar-refractivity contribution in [3.05, 3.63) is 36.5 Å². The largest absolute Gasteiger partial charge is 0.366 e. The van der Waals surface area contributed by atoms with Gasteiger partial charge in [0, 0.05) is 24.2 Å². The molecule has 2 aromatic rings. The number of anilines is 1. The summed E-state index contributed by atoms with van der Waals surface area (Å²) in [6.45, 7) is 5.73. The van der Waals surface area contributed by atoms with E-state index in [9.17, 15) is 0 Å². The number of likely N-dealkylation sites (tertiary alicyclic amines) is 1. The third-order valence-electron chi connectivity index (χ3n) is 3.97. The lowest BCUT2D eigenvalue weighted by Gasteiger charge is -2.32. The van der Waals surface area contributed by atoms with Crippen LogP contribution in [0.4, 0.5) is 5.82 Å². The molecule has 100 valence electrons. The molecule has 0 amide bonds. The zero-order valence-electron chi connectivity index (χ0n) is 11.5. The molecular formula is C16H21N3. The van der Waals surface area contributed by atoms with Gasteiger partial charge < -0.3 is 10.2 Å². The Morgan fingerprint density at radius 3 is 3.11 bits per heavy atom. The summed E-state index contributed by atoms with van der Waals surface area (Å²) in [5.74, 6) is 1.03. The van der Waals surface area contributed by atoms with Gasteiger partial charge in [0.25, 0.3) is 0 Å². The van der Waals surface area contributed by atoms with E-state index < -0.39 is 0 Å². The first kappa shape index (κ1) is 12.4. The molecule has 1 fully saturated rings. The zero-order valence-corrected chi connectivity index (χ0v) is 11.5. The Morgan fingerprint density at radius 2 is 2.21 bits per heavy atom. The van der Waals surface area contributed by atoms with Crippen LogP contribution in [0.1, 0.15) is 19.8 Å². The van der Waals surface area contributed by atoms with Crippen LogP contribution in [-0.2, 0) is 0 Å². The predicted octanol–water partition coefficient (Wildman–Crippen LogP) is 3.13. The van der Waals surface area contributed by atoms with Gasteiger partial charge in [-0.15, -0.1) is 0 Å². The molecule has 1 aromatic heterocycles. The molecule has 3 nitrogen and oxygen atoms in total. The maximum Gasteiger partial charge on any atom is 0.134 e. The molecule has 19 heavy (non-hydrogen) atoms. The van der Waals surface area contributed by atoms with E-state index in [1.54, 1.807) is 0 Å². The molecule has 1 N–H and O–H groups in total. The van der Waals surface area contributed by atoms with E-state index in [2.05, 4.69) is 52.5 Å². The van der Waals surface area contributed by atoms with Crippen LogP contribution in [0.2, 0.25) is 0 Å². The van der Waals surface area contributed by atoms with Crippen LogP contribution in [0, 0.1) is 0 Å². The van der Waals surface area contributed by atoms with Crippen LogP contribution in [-0.4, -0.2) is 35.6 Å². The first-order valence-corrected chi connectivity index (χ1v) is 7.19. The normalized spacial score (nSPS) is 20.6. The van der Waals surface area contributed by atoms with Crippen molar-refractivity contribution in [2.24, 2.45) is 0 Å². The van der Waals surface area contributed by atoms with Gasteiger partial charge in [-0.05, 0) is 37.4 Å². The molecule has 0 radical (unpaired) electrons. The topological polar surface area (TPSA) is 28.2 Å². The molecule has 1 aliphatic rings. The Hall–Kier alpha value is -1.61. The average molecular weight is 255 g/mol. The van der Waals surface area contributed by atoms with Gasteiger partial charge in [-0.2, -0.15) is 0 Å². The number of nitrogens with one attached hydrogen (secondary N) is 1. The van der Waals surface area contributed by atoms with E-state index in [-0.39, 0.29) is 0 Å². The maximum atomic E-state index is 4.52. The van der Waals surface area contributed by atoms with Crippen LogP contribution in [0.5, 0.6) is 0 Å². The van der Waals surface area contributed by atoms with Crippen molar-refractivity contribution in [2.75, 3.05) is 25.0 Å². The first-order chi connectivity index (χ1) is 9.36. The minimum atomic E-state index is 0.520. The number of likely N-dealkylation sites (N-methyl/N-ethyl adjacent to an activating group) is 1. The summed E-state index contributed by atoms with van der Waals surface area (Å²) >= 11 is 0. The summed E-state index contributed by atoms with van der Waals surface area (Å²) in [6.07, 6.45) is 4.41. The Balaban J connectivity index is 1.81. The molecule has 1 aliphatic heterocycles.